The smallest absolute Gasteiger partial charge is 0.276 e. The van der Waals surface area contributed by atoms with Crippen LogP contribution in [0.2, 0.25) is 0 Å². The standard InChI is InChI=1S/C22H20N8O6S2/c1-36-27-14(12-9-38-22(24)25-12)18(32)26-15-19(33)30-16(21(34)35)10(8-37-20(15)30)6-28-4-5-29-11(7-28)2-3-13(29)17(23)31/h2-5,7,9,15,20H,6,8H2,1H3,(H5-,23,24,25,26,31,32,34,35)/b27-14-/t15-,20-/m1/s1. The molecule has 5 heterocycles. The van der Waals surface area contributed by atoms with Gasteiger partial charge in [0.1, 0.15) is 35.4 Å². The lowest BCUT2D eigenvalue weighted by Crippen LogP contribution is -2.71. The van der Waals surface area contributed by atoms with Gasteiger partial charge in [-0.1, -0.05) is 5.16 Å². The molecule has 2 atom stereocenters. The first-order valence-corrected chi connectivity index (χ1v) is 12.9. The predicted molar refractivity (Wildman–Crippen MR) is 133 cm³/mol. The molecule has 2 aliphatic rings. The molecule has 3 aromatic rings. The highest BCUT2D eigenvalue weighted by Crippen LogP contribution is 2.40. The molecule has 196 valence electrons. The number of nitrogen functional groups attached to an aromatic ring is 1. The van der Waals surface area contributed by atoms with Gasteiger partial charge in [0.25, 0.3) is 17.7 Å². The van der Waals surface area contributed by atoms with Gasteiger partial charge in [-0.2, -0.15) is 4.57 Å². The van der Waals surface area contributed by atoms with Crippen molar-refractivity contribution in [3.05, 3.63) is 58.8 Å². The van der Waals surface area contributed by atoms with Gasteiger partial charge in [0.2, 0.25) is 0 Å². The quantitative estimate of drug-likeness (QED) is 0.119. The molecule has 5 rings (SSSR count). The van der Waals surface area contributed by atoms with Gasteiger partial charge in [-0.05, 0) is 12.1 Å². The largest absolute Gasteiger partial charge is 0.543 e. The van der Waals surface area contributed by atoms with Crippen molar-refractivity contribution in [3.8, 4) is 0 Å². The molecule has 1 fully saturated rings. The molecule has 0 aliphatic carbocycles. The van der Waals surface area contributed by atoms with Crippen LogP contribution in [0.1, 0.15) is 16.2 Å². The van der Waals surface area contributed by atoms with Crippen molar-refractivity contribution in [1.82, 2.24) is 19.6 Å². The van der Waals surface area contributed by atoms with E-state index in [4.69, 9.17) is 16.3 Å². The fourth-order valence-electron chi connectivity index (χ4n) is 4.32. The maximum atomic E-state index is 13.0. The molecular formula is C22H20N8O6S2. The number of nitrogens with one attached hydrogen (secondary N) is 1. The van der Waals surface area contributed by atoms with Crippen LogP contribution in [0.4, 0.5) is 5.13 Å². The first kappa shape index (κ1) is 25.2. The number of hydrogen-bond acceptors (Lipinski definition) is 11. The van der Waals surface area contributed by atoms with Crippen LogP contribution in [0.25, 0.3) is 5.52 Å². The summed E-state index contributed by atoms with van der Waals surface area (Å²) in [6.07, 6.45) is 5.04. The van der Waals surface area contributed by atoms with Crippen molar-refractivity contribution in [2.45, 2.75) is 18.0 Å². The van der Waals surface area contributed by atoms with Crippen molar-refractivity contribution in [3.63, 3.8) is 0 Å². The SMILES string of the molecule is CO/N=C(\C(=O)N[C@@H]1C(=O)N2C(C(=O)[O-])=C(C[n+]3ccn4c(C(N)=O)ccc4c3)CS[C@H]12)c1csc(N)n1. The number of oxime groups is 1. The Hall–Kier alpha value is -4.44. The van der Waals surface area contributed by atoms with E-state index in [-0.39, 0.29) is 34.5 Å². The number of amides is 3. The van der Waals surface area contributed by atoms with Gasteiger partial charge in [0.05, 0.1) is 17.9 Å². The van der Waals surface area contributed by atoms with Gasteiger partial charge in [0, 0.05) is 16.7 Å². The van der Waals surface area contributed by atoms with Gasteiger partial charge in [-0.3, -0.25) is 19.3 Å². The number of nitrogens with zero attached hydrogens (tertiary/aromatic N) is 5. The van der Waals surface area contributed by atoms with E-state index in [1.165, 1.54) is 24.3 Å². The summed E-state index contributed by atoms with van der Waals surface area (Å²) < 4.78 is 3.35. The average Bonchev–Trinajstić information content (AvgIpc) is 3.51. The minimum Gasteiger partial charge on any atom is -0.543 e. The second-order valence-corrected chi connectivity index (χ2v) is 10.3. The zero-order valence-electron chi connectivity index (χ0n) is 19.7. The van der Waals surface area contributed by atoms with E-state index in [9.17, 15) is 24.3 Å². The van der Waals surface area contributed by atoms with Crippen LogP contribution in [0.3, 0.4) is 0 Å². The second-order valence-electron chi connectivity index (χ2n) is 8.27. The van der Waals surface area contributed by atoms with E-state index in [0.29, 0.717) is 16.8 Å². The molecule has 0 radical (unpaired) electrons. The Morgan fingerprint density at radius 3 is 2.82 bits per heavy atom. The van der Waals surface area contributed by atoms with Gasteiger partial charge in [0.15, 0.2) is 29.8 Å². The Morgan fingerprint density at radius 1 is 1.37 bits per heavy atom. The number of β-lactam (4-membered cyclic amide) rings is 1. The summed E-state index contributed by atoms with van der Waals surface area (Å²) in [6.45, 7) is 0.160. The lowest BCUT2D eigenvalue weighted by Gasteiger charge is -2.50. The van der Waals surface area contributed by atoms with Crippen LogP contribution in [0.5, 0.6) is 0 Å². The third-order valence-electron chi connectivity index (χ3n) is 5.97. The Labute approximate surface area is 222 Å². The molecule has 2 aliphatic heterocycles. The molecule has 3 aromatic heterocycles. The number of nitrogens with two attached hydrogens (primary N) is 2. The van der Waals surface area contributed by atoms with Crippen LogP contribution in [0.15, 0.2) is 52.5 Å². The van der Waals surface area contributed by atoms with Crippen LogP contribution < -0.4 is 26.5 Å². The van der Waals surface area contributed by atoms with Crippen molar-refractivity contribution < 1.29 is 33.7 Å². The number of carboxylic acids is 1. The van der Waals surface area contributed by atoms with Crippen LogP contribution in [-0.4, -0.2) is 68.0 Å². The monoisotopic (exact) mass is 556 g/mol. The van der Waals surface area contributed by atoms with E-state index in [1.54, 1.807) is 39.7 Å². The summed E-state index contributed by atoms with van der Waals surface area (Å²) in [6, 6.07) is 2.32. The summed E-state index contributed by atoms with van der Waals surface area (Å²) in [5.74, 6) is -3.11. The number of thiazole rings is 1. The minimum absolute atomic E-state index is 0.160. The molecule has 3 amide bonds. The number of carbonyl (C=O) groups excluding carboxylic acids is 4. The summed E-state index contributed by atoms with van der Waals surface area (Å²) >= 11 is 2.42. The molecule has 0 spiro atoms. The third-order valence-corrected chi connectivity index (χ3v) is 7.98. The fourth-order valence-corrected chi connectivity index (χ4v) is 6.20. The maximum Gasteiger partial charge on any atom is 0.276 e. The average molecular weight is 557 g/mol. The number of carbonyl (C=O) groups is 4. The number of primary amides is 1. The fraction of sp³-hybridized carbons (Fsp3) is 0.227. The predicted octanol–water partition coefficient (Wildman–Crippen LogP) is -2.18. The van der Waals surface area contributed by atoms with Crippen molar-refractivity contribution in [2.75, 3.05) is 18.6 Å². The summed E-state index contributed by atoms with van der Waals surface area (Å²) in [7, 11) is 1.26. The van der Waals surface area contributed by atoms with Gasteiger partial charge in [-0.15, -0.1) is 23.1 Å². The Kier molecular flexibility index (Phi) is 6.50. The number of fused-ring (bicyclic) bond motifs is 2. The minimum atomic E-state index is -1.50. The number of rotatable bonds is 8. The molecular weight excluding hydrogens is 536 g/mol. The summed E-state index contributed by atoms with van der Waals surface area (Å²) in [4.78, 5) is 59.5. The van der Waals surface area contributed by atoms with Crippen molar-refractivity contribution in [1.29, 1.82) is 0 Å². The lowest BCUT2D eigenvalue weighted by atomic mass is 10.0. The van der Waals surface area contributed by atoms with Gasteiger partial charge in [-0.25, -0.2) is 4.98 Å². The first-order chi connectivity index (χ1) is 18.2. The van der Waals surface area contributed by atoms with Crippen molar-refractivity contribution >= 4 is 63.1 Å². The number of anilines is 1. The van der Waals surface area contributed by atoms with E-state index in [0.717, 1.165) is 16.2 Å². The summed E-state index contributed by atoms with van der Waals surface area (Å²) in [5, 5.41) is 19.5. The molecule has 5 N–H and O–H groups in total. The second kappa shape index (κ2) is 9.79. The topological polar surface area (TPSA) is 201 Å². The van der Waals surface area contributed by atoms with Crippen molar-refractivity contribution in [2.24, 2.45) is 10.9 Å². The van der Waals surface area contributed by atoms with E-state index >= 15 is 0 Å². The zero-order chi connectivity index (χ0) is 27.1. The lowest BCUT2D eigenvalue weighted by molar-refractivity contribution is -0.688. The maximum absolute atomic E-state index is 13.0. The Balaban J connectivity index is 1.36. The Morgan fingerprint density at radius 2 is 2.16 bits per heavy atom. The Bertz CT molecular complexity index is 1560. The zero-order valence-corrected chi connectivity index (χ0v) is 21.3. The highest BCUT2D eigenvalue weighted by atomic mass is 32.2. The van der Waals surface area contributed by atoms with Crippen LogP contribution >= 0.6 is 23.1 Å². The molecule has 16 heteroatoms. The third kappa shape index (κ3) is 4.32. The number of aromatic nitrogens is 3. The molecule has 0 bridgehead atoms. The summed E-state index contributed by atoms with van der Waals surface area (Å²) in [5.41, 5.74) is 12.3. The molecule has 0 aromatic carbocycles. The van der Waals surface area contributed by atoms with Gasteiger partial charge < -0.3 is 35.9 Å². The first-order valence-electron chi connectivity index (χ1n) is 11.0. The number of carboxylic acid groups (broad SMARTS) is 1. The molecule has 14 nitrogen and oxygen atoms in total. The highest BCUT2D eigenvalue weighted by molar-refractivity contribution is 8.00. The van der Waals surface area contributed by atoms with E-state index in [1.807, 2.05) is 0 Å². The van der Waals surface area contributed by atoms with E-state index in [2.05, 4.69) is 15.5 Å². The van der Waals surface area contributed by atoms with Crippen LogP contribution in [-0.2, 0) is 25.8 Å². The molecule has 0 unspecified atom stereocenters. The molecule has 38 heavy (non-hydrogen) atoms. The van der Waals surface area contributed by atoms with E-state index < -0.39 is 35.1 Å². The highest BCUT2D eigenvalue weighted by Gasteiger charge is 2.53. The number of thioether (sulfide) groups is 1. The molecule has 0 saturated carbocycles. The number of hydrogen-bond donors (Lipinski definition) is 3. The normalized spacial score (nSPS) is 19.2. The van der Waals surface area contributed by atoms with Gasteiger partial charge >= 0.3 is 0 Å². The van der Waals surface area contributed by atoms with Crippen LogP contribution in [0, 0.1) is 0 Å². The molecule has 1 saturated heterocycles. The number of aliphatic carboxylic acids is 1.